The first-order valence-electron chi connectivity index (χ1n) is 11.2. The number of anilines is 1. The van der Waals surface area contributed by atoms with Crippen LogP contribution >= 0.6 is 0 Å². The van der Waals surface area contributed by atoms with Crippen LogP contribution in [-0.4, -0.2) is 58.2 Å². The lowest BCUT2D eigenvalue weighted by Gasteiger charge is -2.23. The Morgan fingerprint density at radius 1 is 1.08 bits per heavy atom. The first-order chi connectivity index (χ1) is 17.2. The monoisotopic (exact) mass is 496 g/mol. The van der Waals surface area contributed by atoms with Crippen LogP contribution in [0.1, 0.15) is 36.5 Å². The number of carbonyl (C=O) groups is 3. The molecular formula is C25H28N4O7. The van der Waals surface area contributed by atoms with Crippen molar-refractivity contribution in [3.05, 3.63) is 65.2 Å². The van der Waals surface area contributed by atoms with Crippen LogP contribution in [0, 0.1) is 0 Å². The Morgan fingerprint density at radius 2 is 1.69 bits per heavy atom. The predicted molar refractivity (Wildman–Crippen MR) is 132 cm³/mol. The van der Waals surface area contributed by atoms with E-state index in [1.54, 1.807) is 5.01 Å². The van der Waals surface area contributed by atoms with Crippen molar-refractivity contribution in [2.75, 3.05) is 19.1 Å². The van der Waals surface area contributed by atoms with Crippen LogP contribution in [0.2, 0.25) is 0 Å². The largest absolute Gasteiger partial charge is 0.478 e. The highest BCUT2D eigenvalue weighted by molar-refractivity contribution is 6.14. The molecule has 0 saturated heterocycles. The molecule has 1 unspecified atom stereocenters. The quantitative estimate of drug-likeness (QED) is 0.344. The molecule has 11 nitrogen and oxygen atoms in total. The maximum atomic E-state index is 12.8. The summed E-state index contributed by atoms with van der Waals surface area (Å²) in [5.74, 6) is -1.12. The van der Waals surface area contributed by atoms with E-state index < -0.39 is 11.9 Å². The van der Waals surface area contributed by atoms with Crippen LogP contribution < -0.4 is 20.9 Å². The molecule has 190 valence electrons. The van der Waals surface area contributed by atoms with Gasteiger partial charge in [0.2, 0.25) is 12.7 Å². The Balaban J connectivity index is 0.000000392. The molecule has 11 heteroatoms. The maximum Gasteiger partial charge on any atom is 0.328 e. The Labute approximate surface area is 207 Å². The summed E-state index contributed by atoms with van der Waals surface area (Å²) < 4.78 is 11.1. The summed E-state index contributed by atoms with van der Waals surface area (Å²) in [4.78, 5) is 31.9. The number of fused-ring (bicyclic) bond motifs is 2. The average molecular weight is 497 g/mol. The molecule has 1 atom stereocenters. The van der Waals surface area contributed by atoms with Crippen LogP contribution in [0.5, 0.6) is 11.5 Å². The van der Waals surface area contributed by atoms with Crippen molar-refractivity contribution < 1.29 is 34.1 Å². The van der Waals surface area contributed by atoms with E-state index in [9.17, 15) is 14.4 Å². The van der Waals surface area contributed by atoms with E-state index in [0.29, 0.717) is 49.4 Å². The second-order valence-corrected chi connectivity index (χ2v) is 8.13. The van der Waals surface area contributed by atoms with Gasteiger partial charge >= 0.3 is 11.9 Å². The number of hydrogen-bond acceptors (Lipinski definition) is 8. The Morgan fingerprint density at radius 3 is 2.28 bits per heavy atom. The van der Waals surface area contributed by atoms with E-state index in [4.69, 9.17) is 36.3 Å². The molecule has 6 N–H and O–H groups in total. The highest BCUT2D eigenvalue weighted by Gasteiger charge is 2.29. The van der Waals surface area contributed by atoms with Crippen molar-refractivity contribution in [3.63, 3.8) is 0 Å². The second-order valence-electron chi connectivity index (χ2n) is 8.13. The van der Waals surface area contributed by atoms with Crippen molar-refractivity contribution in [1.29, 1.82) is 0 Å². The number of nitrogens with zero attached hydrogens (tertiary/aromatic N) is 2. The number of hydrogen-bond donors (Lipinski definition) is 4. The first kappa shape index (κ1) is 26.2. The van der Waals surface area contributed by atoms with E-state index >= 15 is 0 Å². The number of benzene rings is 2. The van der Waals surface area contributed by atoms with Crippen LogP contribution in [0.15, 0.2) is 53.7 Å². The number of hydrazone groups is 1. The van der Waals surface area contributed by atoms with Gasteiger partial charge in [-0.15, -0.1) is 0 Å². The van der Waals surface area contributed by atoms with Crippen LogP contribution in [0.25, 0.3) is 0 Å². The highest BCUT2D eigenvalue weighted by atomic mass is 16.7. The van der Waals surface area contributed by atoms with E-state index in [2.05, 4.69) is 0 Å². The van der Waals surface area contributed by atoms with Gasteiger partial charge in [-0.2, -0.15) is 5.10 Å². The number of carboxylic acid groups (broad SMARTS) is 2. The number of nitrogen functional groups attached to an aromatic ring is 1. The highest BCUT2D eigenvalue weighted by Crippen LogP contribution is 2.37. The van der Waals surface area contributed by atoms with Crippen molar-refractivity contribution in [2.45, 2.75) is 32.2 Å². The number of carbonyl (C=O) groups excluding carboxylic acids is 1. The van der Waals surface area contributed by atoms with Gasteiger partial charge in [0.05, 0.1) is 11.8 Å². The molecule has 2 heterocycles. The fraction of sp³-hybridized carbons (Fsp3) is 0.280. The van der Waals surface area contributed by atoms with Gasteiger partial charge in [-0.1, -0.05) is 12.1 Å². The summed E-state index contributed by atoms with van der Waals surface area (Å²) in [5.41, 5.74) is 15.7. The van der Waals surface area contributed by atoms with Gasteiger partial charge < -0.3 is 31.2 Å². The van der Waals surface area contributed by atoms with Gasteiger partial charge in [0.1, 0.15) is 0 Å². The fourth-order valence-corrected chi connectivity index (χ4v) is 3.70. The number of amides is 1. The van der Waals surface area contributed by atoms with Crippen molar-refractivity contribution >= 4 is 29.2 Å². The van der Waals surface area contributed by atoms with Crippen LogP contribution in [0.3, 0.4) is 0 Å². The minimum Gasteiger partial charge on any atom is -0.478 e. The molecule has 2 aliphatic heterocycles. The molecule has 0 fully saturated rings. The molecule has 0 bridgehead atoms. The standard InChI is InChI=1S/C21H24N4O3.C4H4O4/c1-13-9-15-10-18-19(28-12-27-18)11-17(15)21(14-4-6-16(23)7-5-14)24-25(13)20(26)3-2-8-22;5-3(6)1-2-4(7)8/h4-7,10-11,13H,2-3,8-9,12,22-23H2,1H3;1-2H,(H,5,6)(H,7,8)/b;2-1+. The minimum atomic E-state index is -1.26. The maximum absolute atomic E-state index is 12.8. The molecule has 36 heavy (non-hydrogen) atoms. The number of aliphatic carboxylic acids is 2. The number of rotatable bonds is 6. The van der Waals surface area contributed by atoms with Gasteiger partial charge in [0.15, 0.2) is 11.5 Å². The zero-order chi connectivity index (χ0) is 26.2. The molecule has 0 radical (unpaired) electrons. The van der Waals surface area contributed by atoms with E-state index in [0.717, 1.165) is 28.2 Å². The van der Waals surface area contributed by atoms with Crippen molar-refractivity contribution in [1.82, 2.24) is 5.01 Å². The van der Waals surface area contributed by atoms with E-state index in [1.165, 1.54) is 0 Å². The summed E-state index contributed by atoms with van der Waals surface area (Å²) in [7, 11) is 0. The molecule has 2 aliphatic rings. The van der Waals surface area contributed by atoms with Crippen molar-refractivity contribution in [2.24, 2.45) is 10.8 Å². The summed E-state index contributed by atoms with van der Waals surface area (Å²) in [6.07, 6.45) is 2.79. The molecule has 0 aliphatic carbocycles. The molecule has 0 aromatic heterocycles. The smallest absolute Gasteiger partial charge is 0.328 e. The van der Waals surface area contributed by atoms with Gasteiger partial charge in [0.25, 0.3) is 0 Å². The molecule has 2 aromatic rings. The van der Waals surface area contributed by atoms with E-state index in [1.807, 2.05) is 43.3 Å². The normalized spacial score (nSPS) is 15.9. The van der Waals surface area contributed by atoms with Gasteiger partial charge in [-0.05, 0) is 56.1 Å². The summed E-state index contributed by atoms with van der Waals surface area (Å²) in [5, 5.41) is 22.0. The number of carboxylic acids is 2. The lowest BCUT2D eigenvalue weighted by molar-refractivity contribution is -0.134. The Kier molecular flexibility index (Phi) is 8.63. The van der Waals surface area contributed by atoms with Crippen LogP contribution in [-0.2, 0) is 20.8 Å². The summed E-state index contributed by atoms with van der Waals surface area (Å²) in [6, 6.07) is 11.4. The third-order valence-corrected chi connectivity index (χ3v) is 5.40. The predicted octanol–water partition coefficient (Wildman–Crippen LogP) is 1.97. The Bertz CT molecular complexity index is 1180. The average Bonchev–Trinajstić information content (AvgIpc) is 3.24. The van der Waals surface area contributed by atoms with E-state index in [-0.39, 0.29) is 18.7 Å². The lowest BCUT2D eigenvalue weighted by Crippen LogP contribution is -2.35. The third-order valence-electron chi connectivity index (χ3n) is 5.40. The second kappa shape index (κ2) is 11.8. The molecule has 2 aromatic carbocycles. The third kappa shape index (κ3) is 6.60. The molecular weight excluding hydrogens is 468 g/mol. The molecule has 0 spiro atoms. The van der Waals surface area contributed by atoms with Crippen molar-refractivity contribution in [3.8, 4) is 11.5 Å². The molecule has 0 saturated carbocycles. The molecule has 4 rings (SSSR count). The van der Waals surface area contributed by atoms with Gasteiger partial charge in [0, 0.05) is 35.4 Å². The fourth-order valence-electron chi connectivity index (χ4n) is 3.70. The number of nitrogens with two attached hydrogens (primary N) is 2. The number of ether oxygens (including phenoxy) is 2. The zero-order valence-electron chi connectivity index (χ0n) is 19.7. The Hall–Kier alpha value is -4.38. The van der Waals surface area contributed by atoms with Crippen LogP contribution in [0.4, 0.5) is 5.69 Å². The van der Waals surface area contributed by atoms with Gasteiger partial charge in [-0.25, -0.2) is 14.6 Å². The zero-order valence-corrected chi connectivity index (χ0v) is 19.7. The molecule has 1 amide bonds. The summed E-state index contributed by atoms with van der Waals surface area (Å²) >= 11 is 0. The van der Waals surface area contributed by atoms with Gasteiger partial charge in [-0.3, -0.25) is 4.79 Å². The SMILES string of the molecule is CC1Cc2cc3c(cc2C(c2ccc(N)cc2)=NN1C(=O)CCCN)OCO3.O=C(O)/C=C/C(=O)O. The lowest BCUT2D eigenvalue weighted by atomic mass is 9.94. The minimum absolute atomic E-state index is 0.0289. The summed E-state index contributed by atoms with van der Waals surface area (Å²) in [6.45, 7) is 2.69. The first-order valence-corrected chi connectivity index (χ1v) is 11.2. The topological polar surface area (TPSA) is 178 Å².